The fourth-order valence-electron chi connectivity index (χ4n) is 4.50. The van der Waals surface area contributed by atoms with Crippen LogP contribution in [-0.2, 0) is 6.42 Å². The van der Waals surface area contributed by atoms with Gasteiger partial charge in [0.25, 0.3) is 5.91 Å². The Bertz CT molecular complexity index is 1630. The summed E-state index contributed by atoms with van der Waals surface area (Å²) >= 11 is 1.44. The largest absolute Gasteiger partial charge is 0.497 e. The summed E-state index contributed by atoms with van der Waals surface area (Å²) in [4.78, 5) is 33.7. The number of ether oxygens (including phenoxy) is 1. The fraction of sp³-hybridized carbons (Fsp3) is 0.148. The van der Waals surface area contributed by atoms with Crippen molar-refractivity contribution in [2.75, 3.05) is 12.0 Å². The number of para-hydroxylation sites is 1. The third-order valence-electron chi connectivity index (χ3n) is 6.27. The molecule has 0 fully saturated rings. The van der Waals surface area contributed by atoms with Gasteiger partial charge in [-0.25, -0.2) is 4.98 Å². The van der Waals surface area contributed by atoms with Crippen molar-refractivity contribution in [1.29, 1.82) is 0 Å². The highest BCUT2D eigenvalue weighted by atomic mass is 32.1. The summed E-state index contributed by atoms with van der Waals surface area (Å²) in [5, 5.41) is 0.982. The van der Waals surface area contributed by atoms with Gasteiger partial charge in [-0.2, -0.15) is 0 Å². The molecule has 34 heavy (non-hydrogen) atoms. The first-order valence-electron chi connectivity index (χ1n) is 11.0. The van der Waals surface area contributed by atoms with Gasteiger partial charge in [0.15, 0.2) is 10.6 Å². The van der Waals surface area contributed by atoms with Gasteiger partial charge in [0.05, 0.1) is 34.3 Å². The van der Waals surface area contributed by atoms with Gasteiger partial charge >= 0.3 is 0 Å². The summed E-state index contributed by atoms with van der Waals surface area (Å²) in [7, 11) is 1.60. The minimum Gasteiger partial charge on any atom is -0.497 e. The minimum atomic E-state index is -0.652. The van der Waals surface area contributed by atoms with E-state index in [-0.39, 0.29) is 17.1 Å². The molecule has 168 valence electrons. The van der Waals surface area contributed by atoms with Gasteiger partial charge in [-0.3, -0.25) is 14.5 Å². The third-order valence-corrected chi connectivity index (χ3v) is 7.28. The normalized spacial score (nSPS) is 15.3. The highest BCUT2D eigenvalue weighted by Gasteiger charge is 2.45. The molecule has 0 saturated heterocycles. The lowest BCUT2D eigenvalue weighted by Gasteiger charge is -2.22. The van der Waals surface area contributed by atoms with Crippen molar-refractivity contribution in [2.24, 2.45) is 0 Å². The standard InChI is InChI=1S/C27H20N2O4S/c1-3-15-8-13-19-21(14-15)34-27(28-19)29-23(16-9-11-17(32-2)12-10-16)22-24(30)18-6-4-5-7-20(18)33-25(22)26(29)31/h4-14,23H,3H2,1-2H3/t23-/m1/s1. The quantitative estimate of drug-likeness (QED) is 0.337. The summed E-state index contributed by atoms with van der Waals surface area (Å²) in [5.74, 6) is 0.393. The highest BCUT2D eigenvalue weighted by Crippen LogP contribution is 2.43. The summed E-state index contributed by atoms with van der Waals surface area (Å²) < 4.78 is 12.3. The van der Waals surface area contributed by atoms with Crippen molar-refractivity contribution in [1.82, 2.24) is 4.98 Å². The molecular weight excluding hydrogens is 448 g/mol. The van der Waals surface area contributed by atoms with E-state index in [2.05, 4.69) is 13.0 Å². The number of nitrogens with zero attached hydrogens (tertiary/aromatic N) is 2. The predicted octanol–water partition coefficient (Wildman–Crippen LogP) is 5.72. The van der Waals surface area contributed by atoms with Crippen LogP contribution in [0.1, 0.15) is 40.2 Å². The van der Waals surface area contributed by atoms with Crippen LogP contribution >= 0.6 is 11.3 Å². The molecule has 0 aliphatic carbocycles. The number of fused-ring (bicyclic) bond motifs is 3. The predicted molar refractivity (Wildman–Crippen MR) is 133 cm³/mol. The van der Waals surface area contributed by atoms with Crippen molar-refractivity contribution in [2.45, 2.75) is 19.4 Å². The smallest absolute Gasteiger partial charge is 0.297 e. The van der Waals surface area contributed by atoms with Crippen LogP contribution < -0.4 is 15.1 Å². The van der Waals surface area contributed by atoms with Crippen LogP contribution in [0, 0.1) is 0 Å². The van der Waals surface area contributed by atoms with Crippen molar-refractivity contribution in [3.05, 3.63) is 99.4 Å². The number of methoxy groups -OCH3 is 1. The number of aromatic nitrogens is 1. The van der Waals surface area contributed by atoms with E-state index in [1.54, 1.807) is 36.3 Å². The Kier molecular flexibility index (Phi) is 4.74. The number of thiazole rings is 1. The second-order valence-electron chi connectivity index (χ2n) is 8.17. The molecule has 3 heterocycles. The van der Waals surface area contributed by atoms with E-state index in [0.717, 1.165) is 22.2 Å². The maximum Gasteiger partial charge on any atom is 0.297 e. The molecule has 5 aromatic rings. The maximum atomic E-state index is 13.7. The lowest BCUT2D eigenvalue weighted by molar-refractivity contribution is 0.0971. The molecule has 0 radical (unpaired) electrons. The van der Waals surface area contributed by atoms with Gasteiger partial charge in [0.1, 0.15) is 11.3 Å². The second-order valence-corrected chi connectivity index (χ2v) is 9.18. The number of anilines is 1. The molecule has 0 unspecified atom stereocenters. The molecule has 1 aliphatic rings. The van der Waals surface area contributed by atoms with Crippen LogP contribution in [0.5, 0.6) is 5.75 Å². The zero-order chi connectivity index (χ0) is 23.4. The zero-order valence-corrected chi connectivity index (χ0v) is 19.4. The average molecular weight is 469 g/mol. The number of benzene rings is 3. The van der Waals surface area contributed by atoms with E-state index in [0.29, 0.717) is 27.4 Å². The summed E-state index contributed by atoms with van der Waals surface area (Å²) in [6.45, 7) is 2.10. The zero-order valence-electron chi connectivity index (χ0n) is 18.6. The first-order chi connectivity index (χ1) is 16.6. The van der Waals surface area contributed by atoms with E-state index < -0.39 is 6.04 Å². The summed E-state index contributed by atoms with van der Waals surface area (Å²) in [5.41, 5.74) is 3.33. The Labute approximate surface area is 199 Å². The van der Waals surface area contributed by atoms with E-state index in [1.165, 1.54) is 16.9 Å². The molecule has 1 amide bonds. The molecule has 0 bridgehead atoms. The third kappa shape index (κ3) is 3.04. The molecule has 1 aliphatic heterocycles. The Morgan fingerprint density at radius 2 is 1.85 bits per heavy atom. The van der Waals surface area contributed by atoms with Crippen LogP contribution in [0.15, 0.2) is 75.9 Å². The Balaban J connectivity index is 1.60. The maximum absolute atomic E-state index is 13.7. The van der Waals surface area contributed by atoms with Crippen LogP contribution in [0.25, 0.3) is 21.2 Å². The van der Waals surface area contributed by atoms with E-state index >= 15 is 0 Å². The molecule has 6 nitrogen and oxygen atoms in total. The summed E-state index contributed by atoms with van der Waals surface area (Å²) in [6, 6.07) is 19.9. The second kappa shape index (κ2) is 7.81. The Hall–Kier alpha value is -3.97. The first-order valence-corrected chi connectivity index (χ1v) is 11.8. The van der Waals surface area contributed by atoms with Crippen LogP contribution in [0.4, 0.5) is 5.13 Å². The molecule has 7 heteroatoms. The molecule has 3 aromatic carbocycles. The van der Waals surface area contributed by atoms with Crippen LogP contribution in [0.3, 0.4) is 0 Å². The lowest BCUT2D eigenvalue weighted by atomic mass is 9.98. The number of carbonyl (C=O) groups excluding carboxylic acids is 1. The minimum absolute atomic E-state index is 0.0676. The number of hydrogen-bond donors (Lipinski definition) is 0. The van der Waals surface area contributed by atoms with E-state index in [9.17, 15) is 9.59 Å². The number of carbonyl (C=O) groups is 1. The molecule has 0 N–H and O–H groups in total. The SMILES string of the molecule is CCc1ccc2nc(N3C(=O)c4oc5ccccc5c(=O)c4[C@H]3c3ccc(OC)cc3)sc2c1. The first kappa shape index (κ1) is 20.6. The fourth-order valence-corrected chi connectivity index (χ4v) is 5.55. The Morgan fingerprint density at radius 1 is 1.06 bits per heavy atom. The molecule has 0 spiro atoms. The number of amides is 1. The van der Waals surface area contributed by atoms with Crippen molar-refractivity contribution in [3.8, 4) is 5.75 Å². The topological polar surface area (TPSA) is 72.6 Å². The van der Waals surface area contributed by atoms with Gasteiger partial charge in [-0.1, -0.05) is 48.6 Å². The van der Waals surface area contributed by atoms with E-state index in [4.69, 9.17) is 14.1 Å². The average Bonchev–Trinajstić information content (AvgIpc) is 3.42. The van der Waals surface area contributed by atoms with E-state index in [1.807, 2.05) is 36.4 Å². The number of hydrogen-bond acceptors (Lipinski definition) is 6. The summed E-state index contributed by atoms with van der Waals surface area (Å²) in [6.07, 6.45) is 0.913. The highest BCUT2D eigenvalue weighted by molar-refractivity contribution is 7.22. The van der Waals surface area contributed by atoms with Gasteiger partial charge in [0, 0.05) is 0 Å². The lowest BCUT2D eigenvalue weighted by Crippen LogP contribution is -2.29. The monoisotopic (exact) mass is 468 g/mol. The van der Waals surface area contributed by atoms with Crippen molar-refractivity contribution >= 4 is 43.6 Å². The van der Waals surface area contributed by atoms with Crippen LogP contribution in [-0.4, -0.2) is 18.0 Å². The Morgan fingerprint density at radius 3 is 2.62 bits per heavy atom. The van der Waals surface area contributed by atoms with Crippen molar-refractivity contribution in [3.63, 3.8) is 0 Å². The van der Waals surface area contributed by atoms with Gasteiger partial charge < -0.3 is 9.15 Å². The number of rotatable bonds is 4. The number of aryl methyl sites for hydroxylation is 1. The van der Waals surface area contributed by atoms with Crippen LogP contribution in [0.2, 0.25) is 0 Å². The molecular formula is C27H20N2O4S. The molecule has 1 atom stereocenters. The molecule has 6 rings (SSSR count). The van der Waals surface area contributed by atoms with Crippen molar-refractivity contribution < 1.29 is 13.9 Å². The molecule has 2 aromatic heterocycles. The van der Waals surface area contributed by atoms with Gasteiger partial charge in [0.2, 0.25) is 5.76 Å². The van der Waals surface area contributed by atoms with Gasteiger partial charge in [-0.15, -0.1) is 0 Å². The van der Waals surface area contributed by atoms with Gasteiger partial charge in [-0.05, 0) is 53.9 Å². The molecule has 0 saturated carbocycles.